The Labute approximate surface area is 154 Å². The summed E-state index contributed by atoms with van der Waals surface area (Å²) in [5.74, 6) is 0.483. The van der Waals surface area contributed by atoms with Crippen LogP contribution in [0.25, 0.3) is 11.3 Å². The molecule has 1 heterocycles. The molecule has 0 saturated heterocycles. The number of nitrogens with two attached hydrogens (primary N) is 1. The summed E-state index contributed by atoms with van der Waals surface area (Å²) in [6.07, 6.45) is 0.802. The fourth-order valence-corrected chi connectivity index (χ4v) is 3.29. The summed E-state index contributed by atoms with van der Waals surface area (Å²) in [7, 11) is 1.68. The van der Waals surface area contributed by atoms with Crippen LogP contribution in [0, 0.1) is 13.8 Å². The largest absolute Gasteiger partial charge is 0.496 e. The number of benzene rings is 2. The standard InChI is InChI=1S/C22H24N2O2/c1-15-8-10-17(11-9-15)20-14-19(22(23)25)16(2)24(20)13-12-18-6-4-5-7-21(18)26-3/h4-11,14H,12-13H2,1-3H3,(H2,23,25). The molecule has 0 aliphatic rings. The number of aryl methyl sites for hydroxylation is 2. The number of amides is 1. The molecule has 0 radical (unpaired) electrons. The SMILES string of the molecule is COc1ccccc1CCn1c(-c2ccc(C)cc2)cc(C(N)=O)c1C. The molecular formula is C22H24N2O2. The van der Waals surface area contributed by atoms with Gasteiger partial charge in [-0.05, 0) is 43.5 Å². The molecule has 2 aromatic carbocycles. The highest BCUT2D eigenvalue weighted by atomic mass is 16.5. The minimum atomic E-state index is -0.396. The van der Waals surface area contributed by atoms with Crippen LogP contribution in [0.3, 0.4) is 0 Å². The van der Waals surface area contributed by atoms with E-state index in [0.29, 0.717) is 5.56 Å². The Bertz CT molecular complexity index is 924. The van der Waals surface area contributed by atoms with Gasteiger partial charge in [-0.1, -0.05) is 48.0 Å². The van der Waals surface area contributed by atoms with Gasteiger partial charge in [-0.3, -0.25) is 4.79 Å². The minimum Gasteiger partial charge on any atom is -0.496 e. The Morgan fingerprint density at radius 2 is 1.77 bits per heavy atom. The van der Waals surface area contributed by atoms with E-state index < -0.39 is 5.91 Å². The summed E-state index contributed by atoms with van der Waals surface area (Å²) in [6.45, 7) is 4.74. The van der Waals surface area contributed by atoms with Crippen molar-refractivity contribution >= 4 is 5.91 Å². The number of primary amides is 1. The number of carbonyl (C=O) groups is 1. The summed E-state index contributed by atoms with van der Waals surface area (Å²) >= 11 is 0. The molecule has 4 heteroatoms. The van der Waals surface area contributed by atoms with Crippen LogP contribution in [-0.2, 0) is 13.0 Å². The molecule has 0 bridgehead atoms. The third-order valence-corrected chi connectivity index (χ3v) is 4.78. The van der Waals surface area contributed by atoms with Crippen LogP contribution in [-0.4, -0.2) is 17.6 Å². The maximum absolute atomic E-state index is 11.8. The molecule has 0 saturated carbocycles. The fraction of sp³-hybridized carbons (Fsp3) is 0.227. The van der Waals surface area contributed by atoms with Crippen LogP contribution in [0.5, 0.6) is 5.75 Å². The number of hydrogen-bond acceptors (Lipinski definition) is 2. The number of nitrogens with zero attached hydrogens (tertiary/aromatic N) is 1. The molecule has 0 fully saturated rings. The Kier molecular flexibility index (Phi) is 5.12. The van der Waals surface area contributed by atoms with Crippen molar-refractivity contribution < 1.29 is 9.53 Å². The Morgan fingerprint density at radius 3 is 2.42 bits per heavy atom. The number of methoxy groups -OCH3 is 1. The number of aromatic nitrogens is 1. The summed E-state index contributed by atoms with van der Waals surface area (Å²) in [6, 6.07) is 18.2. The third-order valence-electron chi connectivity index (χ3n) is 4.78. The highest BCUT2D eigenvalue weighted by Crippen LogP contribution is 2.27. The van der Waals surface area contributed by atoms with Crippen molar-refractivity contribution in [1.29, 1.82) is 0 Å². The van der Waals surface area contributed by atoms with Gasteiger partial charge in [0.15, 0.2) is 0 Å². The van der Waals surface area contributed by atoms with Crippen molar-refractivity contribution in [3.8, 4) is 17.0 Å². The van der Waals surface area contributed by atoms with Crippen LogP contribution < -0.4 is 10.5 Å². The van der Waals surface area contributed by atoms with Gasteiger partial charge in [-0.25, -0.2) is 0 Å². The van der Waals surface area contributed by atoms with Crippen LogP contribution in [0.2, 0.25) is 0 Å². The molecule has 134 valence electrons. The second-order valence-electron chi connectivity index (χ2n) is 6.47. The van der Waals surface area contributed by atoms with Crippen molar-refractivity contribution in [2.75, 3.05) is 7.11 Å². The summed E-state index contributed by atoms with van der Waals surface area (Å²) in [4.78, 5) is 11.8. The number of hydrogen-bond donors (Lipinski definition) is 1. The quantitative estimate of drug-likeness (QED) is 0.728. The molecule has 1 aromatic heterocycles. The molecule has 0 aliphatic heterocycles. The second-order valence-corrected chi connectivity index (χ2v) is 6.47. The lowest BCUT2D eigenvalue weighted by atomic mass is 10.1. The lowest BCUT2D eigenvalue weighted by Gasteiger charge is -2.14. The van der Waals surface area contributed by atoms with Gasteiger partial charge < -0.3 is 15.0 Å². The van der Waals surface area contributed by atoms with Gasteiger partial charge in [0, 0.05) is 17.9 Å². The Hall–Kier alpha value is -3.01. The van der Waals surface area contributed by atoms with Crippen molar-refractivity contribution in [3.63, 3.8) is 0 Å². The van der Waals surface area contributed by atoms with Gasteiger partial charge in [-0.2, -0.15) is 0 Å². The van der Waals surface area contributed by atoms with Gasteiger partial charge in [0.05, 0.1) is 12.7 Å². The van der Waals surface area contributed by atoms with Gasteiger partial charge >= 0.3 is 0 Å². The molecule has 2 N–H and O–H groups in total. The van der Waals surface area contributed by atoms with E-state index in [1.807, 2.05) is 31.2 Å². The monoisotopic (exact) mass is 348 g/mol. The van der Waals surface area contributed by atoms with E-state index in [9.17, 15) is 4.79 Å². The van der Waals surface area contributed by atoms with Crippen molar-refractivity contribution in [3.05, 3.63) is 77.0 Å². The third kappa shape index (κ3) is 3.49. The number of rotatable bonds is 6. The topological polar surface area (TPSA) is 57.2 Å². The van der Waals surface area contributed by atoms with Crippen LogP contribution in [0.1, 0.15) is 27.2 Å². The normalized spacial score (nSPS) is 10.7. The van der Waals surface area contributed by atoms with Crippen LogP contribution in [0.4, 0.5) is 0 Å². The van der Waals surface area contributed by atoms with Gasteiger partial charge in [0.1, 0.15) is 5.75 Å². The molecule has 0 atom stereocenters. The predicted molar refractivity (Wildman–Crippen MR) is 105 cm³/mol. The van der Waals surface area contributed by atoms with Crippen LogP contribution in [0.15, 0.2) is 54.6 Å². The average Bonchev–Trinajstić information content (AvgIpc) is 2.97. The second kappa shape index (κ2) is 7.48. The predicted octanol–water partition coefficient (Wildman–Crippen LogP) is 4.12. The maximum atomic E-state index is 11.8. The van der Waals surface area contributed by atoms with E-state index >= 15 is 0 Å². The molecule has 3 rings (SSSR count). The van der Waals surface area contributed by atoms with E-state index in [0.717, 1.165) is 41.2 Å². The van der Waals surface area contributed by atoms with Crippen molar-refractivity contribution in [1.82, 2.24) is 4.57 Å². The average molecular weight is 348 g/mol. The maximum Gasteiger partial charge on any atom is 0.250 e. The Morgan fingerprint density at radius 1 is 1.08 bits per heavy atom. The zero-order chi connectivity index (χ0) is 18.7. The molecule has 0 aliphatic carbocycles. The first-order valence-corrected chi connectivity index (χ1v) is 8.70. The highest BCUT2D eigenvalue weighted by Gasteiger charge is 2.17. The molecule has 0 spiro atoms. The van der Waals surface area contributed by atoms with Crippen LogP contribution >= 0.6 is 0 Å². The van der Waals surface area contributed by atoms with E-state index in [1.165, 1.54) is 5.56 Å². The zero-order valence-corrected chi connectivity index (χ0v) is 15.5. The van der Waals surface area contributed by atoms with E-state index in [2.05, 4.69) is 41.8 Å². The molecular weight excluding hydrogens is 324 g/mol. The molecule has 4 nitrogen and oxygen atoms in total. The van der Waals surface area contributed by atoms with Crippen molar-refractivity contribution in [2.45, 2.75) is 26.8 Å². The first-order valence-electron chi connectivity index (χ1n) is 8.70. The van der Waals surface area contributed by atoms with E-state index in [4.69, 9.17) is 10.5 Å². The highest BCUT2D eigenvalue weighted by molar-refractivity contribution is 5.95. The molecule has 1 amide bonds. The summed E-state index contributed by atoms with van der Waals surface area (Å²) in [5, 5.41) is 0. The number of ether oxygens (including phenoxy) is 1. The molecule has 3 aromatic rings. The smallest absolute Gasteiger partial charge is 0.250 e. The van der Waals surface area contributed by atoms with Crippen molar-refractivity contribution in [2.24, 2.45) is 5.73 Å². The van der Waals surface area contributed by atoms with E-state index in [1.54, 1.807) is 7.11 Å². The first kappa shape index (κ1) is 17.8. The van der Waals surface area contributed by atoms with Gasteiger partial charge in [0.2, 0.25) is 0 Å². The summed E-state index contributed by atoms with van der Waals surface area (Å²) in [5.41, 5.74) is 11.5. The molecule has 0 unspecified atom stereocenters. The van der Waals surface area contributed by atoms with Gasteiger partial charge in [0.25, 0.3) is 5.91 Å². The van der Waals surface area contributed by atoms with Gasteiger partial charge in [-0.15, -0.1) is 0 Å². The number of para-hydroxylation sites is 1. The lowest BCUT2D eigenvalue weighted by molar-refractivity contribution is 0.0999. The lowest BCUT2D eigenvalue weighted by Crippen LogP contribution is -2.13. The first-order chi connectivity index (χ1) is 12.5. The molecule has 26 heavy (non-hydrogen) atoms. The Balaban J connectivity index is 1.99. The minimum absolute atomic E-state index is 0.396. The van der Waals surface area contributed by atoms with E-state index in [-0.39, 0.29) is 0 Å². The number of carbonyl (C=O) groups excluding carboxylic acids is 1. The fourth-order valence-electron chi connectivity index (χ4n) is 3.29. The zero-order valence-electron chi connectivity index (χ0n) is 15.5. The summed E-state index contributed by atoms with van der Waals surface area (Å²) < 4.78 is 7.62.